The van der Waals surface area contributed by atoms with E-state index in [0.717, 1.165) is 19.3 Å². The van der Waals surface area contributed by atoms with Crippen molar-refractivity contribution in [2.45, 2.75) is 76.2 Å². The second kappa shape index (κ2) is 8.32. The molecule has 2 saturated carbocycles. The molecule has 20 heavy (non-hydrogen) atoms. The first-order chi connectivity index (χ1) is 9.72. The maximum atomic E-state index is 10.0. The highest BCUT2D eigenvalue weighted by atomic mass is 16.5. The molecule has 3 unspecified atom stereocenters. The Labute approximate surface area is 123 Å². The average molecular weight is 285 g/mol. The molecular formula is C16H31NO3. The summed E-state index contributed by atoms with van der Waals surface area (Å²) in [5.74, 6) is 0.693. The summed E-state index contributed by atoms with van der Waals surface area (Å²) in [6.45, 7) is 3.34. The van der Waals surface area contributed by atoms with E-state index in [2.05, 4.69) is 12.2 Å². The van der Waals surface area contributed by atoms with Crippen LogP contribution in [0.2, 0.25) is 0 Å². The highest BCUT2D eigenvalue weighted by Crippen LogP contribution is 2.29. The van der Waals surface area contributed by atoms with E-state index in [1.807, 2.05) is 0 Å². The lowest BCUT2D eigenvalue weighted by molar-refractivity contribution is -0.0526. The first-order valence-corrected chi connectivity index (χ1v) is 8.28. The third-order valence-corrected chi connectivity index (χ3v) is 4.94. The number of aliphatic hydroxyl groups is 1. The normalized spacial score (nSPS) is 35.5. The third kappa shape index (κ3) is 4.69. The van der Waals surface area contributed by atoms with E-state index in [9.17, 15) is 5.11 Å². The molecule has 4 heteroatoms. The summed E-state index contributed by atoms with van der Waals surface area (Å²) < 4.78 is 11.2. The van der Waals surface area contributed by atoms with Gasteiger partial charge in [-0.05, 0) is 31.6 Å². The van der Waals surface area contributed by atoms with Gasteiger partial charge in [-0.15, -0.1) is 0 Å². The van der Waals surface area contributed by atoms with Crippen molar-refractivity contribution < 1.29 is 14.6 Å². The Kier molecular flexibility index (Phi) is 6.75. The van der Waals surface area contributed by atoms with Gasteiger partial charge < -0.3 is 19.9 Å². The van der Waals surface area contributed by atoms with Crippen LogP contribution in [0.5, 0.6) is 0 Å². The van der Waals surface area contributed by atoms with E-state index in [-0.39, 0.29) is 0 Å². The van der Waals surface area contributed by atoms with Crippen LogP contribution in [-0.2, 0) is 9.47 Å². The van der Waals surface area contributed by atoms with Crippen molar-refractivity contribution in [2.24, 2.45) is 5.92 Å². The minimum atomic E-state index is -0.393. The van der Waals surface area contributed by atoms with E-state index in [1.165, 1.54) is 25.7 Å². The zero-order valence-electron chi connectivity index (χ0n) is 13.0. The van der Waals surface area contributed by atoms with Gasteiger partial charge in [0.15, 0.2) is 0 Å². The largest absolute Gasteiger partial charge is 0.389 e. The Morgan fingerprint density at radius 1 is 1.25 bits per heavy atom. The Morgan fingerprint density at radius 2 is 2.00 bits per heavy atom. The molecule has 0 amide bonds. The number of rotatable bonds is 8. The van der Waals surface area contributed by atoms with Crippen molar-refractivity contribution in [2.75, 3.05) is 20.3 Å². The summed E-state index contributed by atoms with van der Waals surface area (Å²) in [5, 5.41) is 13.4. The molecule has 0 aromatic rings. The van der Waals surface area contributed by atoms with E-state index in [4.69, 9.17) is 9.47 Å². The molecule has 0 aromatic carbocycles. The van der Waals surface area contributed by atoms with E-state index >= 15 is 0 Å². The molecule has 3 atom stereocenters. The van der Waals surface area contributed by atoms with Crippen LogP contribution in [0.25, 0.3) is 0 Å². The Balaban J connectivity index is 1.56. The van der Waals surface area contributed by atoms with Gasteiger partial charge >= 0.3 is 0 Å². The van der Waals surface area contributed by atoms with E-state index in [0.29, 0.717) is 37.3 Å². The lowest BCUT2D eigenvalue weighted by atomic mass is 9.85. The summed E-state index contributed by atoms with van der Waals surface area (Å²) >= 11 is 0. The van der Waals surface area contributed by atoms with Crippen LogP contribution in [-0.4, -0.2) is 49.7 Å². The van der Waals surface area contributed by atoms with Crippen LogP contribution in [0.4, 0.5) is 0 Å². The summed E-state index contributed by atoms with van der Waals surface area (Å²) in [4.78, 5) is 0. The number of hydrogen-bond donors (Lipinski definition) is 2. The maximum Gasteiger partial charge on any atom is 0.0897 e. The third-order valence-electron chi connectivity index (χ3n) is 4.94. The number of aliphatic hydroxyl groups excluding tert-OH is 1. The molecule has 0 spiro atoms. The van der Waals surface area contributed by atoms with Gasteiger partial charge in [0.2, 0.25) is 0 Å². The molecule has 0 bridgehead atoms. The van der Waals surface area contributed by atoms with Gasteiger partial charge in [0.05, 0.1) is 24.9 Å². The Bertz CT molecular complexity index is 268. The van der Waals surface area contributed by atoms with Gasteiger partial charge in [0.25, 0.3) is 0 Å². The van der Waals surface area contributed by atoms with Crippen molar-refractivity contribution in [3.05, 3.63) is 0 Å². The standard InChI is InChI=1S/C16H31NO3/c1-3-12-6-4-5-7-16(12)20-11-14(18)10-17-13-8-15(9-13)19-2/h12-18H,3-11H2,1-2H3. The van der Waals surface area contributed by atoms with Crippen molar-refractivity contribution in [1.82, 2.24) is 5.32 Å². The quantitative estimate of drug-likeness (QED) is 0.717. The van der Waals surface area contributed by atoms with Crippen LogP contribution in [0.3, 0.4) is 0 Å². The Hall–Kier alpha value is -0.160. The molecule has 2 aliphatic carbocycles. The molecule has 118 valence electrons. The van der Waals surface area contributed by atoms with Crippen LogP contribution < -0.4 is 5.32 Å². The molecule has 0 aromatic heterocycles. The average Bonchev–Trinajstić information content (AvgIpc) is 2.44. The fraction of sp³-hybridized carbons (Fsp3) is 1.00. The monoisotopic (exact) mass is 285 g/mol. The van der Waals surface area contributed by atoms with Gasteiger partial charge in [-0.1, -0.05) is 26.2 Å². The number of methoxy groups -OCH3 is 1. The van der Waals surface area contributed by atoms with Crippen molar-refractivity contribution >= 4 is 0 Å². The molecule has 0 heterocycles. The number of hydrogen-bond acceptors (Lipinski definition) is 4. The minimum absolute atomic E-state index is 0.366. The van der Waals surface area contributed by atoms with Crippen molar-refractivity contribution in [3.8, 4) is 0 Å². The molecule has 0 aliphatic heterocycles. The molecule has 2 aliphatic rings. The summed E-state index contributed by atoms with van der Waals surface area (Å²) in [6, 6.07) is 0.507. The summed E-state index contributed by atoms with van der Waals surface area (Å²) in [5.41, 5.74) is 0. The SMILES string of the molecule is CCC1CCCCC1OCC(O)CNC1CC(OC)C1. The van der Waals surface area contributed by atoms with Crippen LogP contribution in [0, 0.1) is 5.92 Å². The van der Waals surface area contributed by atoms with Gasteiger partial charge in [0, 0.05) is 19.7 Å². The summed E-state index contributed by atoms with van der Waals surface area (Å²) in [6.07, 6.45) is 8.76. The molecule has 2 rings (SSSR count). The second-order valence-corrected chi connectivity index (χ2v) is 6.41. The Morgan fingerprint density at radius 3 is 2.70 bits per heavy atom. The molecule has 0 saturated heterocycles. The highest BCUT2D eigenvalue weighted by molar-refractivity contribution is 4.86. The van der Waals surface area contributed by atoms with Gasteiger partial charge in [-0.2, -0.15) is 0 Å². The fourth-order valence-electron chi connectivity index (χ4n) is 3.38. The van der Waals surface area contributed by atoms with Crippen LogP contribution >= 0.6 is 0 Å². The molecule has 4 nitrogen and oxygen atoms in total. The minimum Gasteiger partial charge on any atom is -0.389 e. The summed E-state index contributed by atoms with van der Waals surface area (Å²) in [7, 11) is 1.76. The molecular weight excluding hydrogens is 254 g/mol. The number of ether oxygens (including phenoxy) is 2. The number of nitrogens with one attached hydrogen (secondary N) is 1. The second-order valence-electron chi connectivity index (χ2n) is 6.41. The zero-order valence-corrected chi connectivity index (χ0v) is 13.0. The lowest BCUT2D eigenvalue weighted by Crippen LogP contribution is -2.48. The van der Waals surface area contributed by atoms with Gasteiger partial charge in [0.1, 0.15) is 0 Å². The molecule has 2 N–H and O–H groups in total. The topological polar surface area (TPSA) is 50.7 Å². The fourth-order valence-corrected chi connectivity index (χ4v) is 3.38. The smallest absolute Gasteiger partial charge is 0.0897 e. The van der Waals surface area contributed by atoms with Gasteiger partial charge in [-0.25, -0.2) is 0 Å². The molecule has 2 fully saturated rings. The van der Waals surface area contributed by atoms with Crippen molar-refractivity contribution in [3.63, 3.8) is 0 Å². The maximum absolute atomic E-state index is 10.0. The van der Waals surface area contributed by atoms with E-state index < -0.39 is 6.10 Å². The van der Waals surface area contributed by atoms with Crippen LogP contribution in [0.1, 0.15) is 51.9 Å². The predicted molar refractivity (Wildman–Crippen MR) is 79.8 cm³/mol. The van der Waals surface area contributed by atoms with Gasteiger partial charge in [-0.3, -0.25) is 0 Å². The molecule has 0 radical (unpaired) electrons. The van der Waals surface area contributed by atoms with E-state index in [1.54, 1.807) is 7.11 Å². The predicted octanol–water partition coefficient (Wildman–Crippen LogP) is 2.10. The zero-order chi connectivity index (χ0) is 14.4. The first-order valence-electron chi connectivity index (χ1n) is 8.28. The van der Waals surface area contributed by atoms with Crippen molar-refractivity contribution in [1.29, 1.82) is 0 Å². The highest BCUT2D eigenvalue weighted by Gasteiger charge is 2.29. The van der Waals surface area contributed by atoms with Crippen LogP contribution in [0.15, 0.2) is 0 Å². The lowest BCUT2D eigenvalue weighted by Gasteiger charge is -2.35. The first kappa shape index (κ1) is 16.2.